The molecule has 30 heteroatoms. The van der Waals surface area contributed by atoms with Gasteiger partial charge in [0.2, 0.25) is 0 Å². The van der Waals surface area contributed by atoms with E-state index in [9.17, 15) is 45.3 Å². The maximum absolute atomic E-state index is 13.7. The van der Waals surface area contributed by atoms with E-state index in [-0.39, 0.29) is 44.1 Å². The van der Waals surface area contributed by atoms with Gasteiger partial charge in [-0.3, -0.25) is 4.79 Å². The molecule has 7 heterocycles. The molecule has 10 fully saturated rings. The number of aliphatic hydroxyl groups excluding tert-OH is 4. The maximum Gasteiger partial charge on any atom is 0.330 e. The van der Waals surface area contributed by atoms with Crippen molar-refractivity contribution in [3.63, 3.8) is 0 Å². The monoisotopic (exact) mass is 1520 g/mol. The van der Waals surface area contributed by atoms with Crippen molar-refractivity contribution >= 4 is 11.8 Å². The molecule has 0 amide bonds. The largest absolute Gasteiger partial charge is 0.458 e. The lowest BCUT2D eigenvalue weighted by molar-refractivity contribution is -0.360. The quantitative estimate of drug-likeness (QED) is 0.0385. The number of ketones is 1. The highest BCUT2D eigenvalue weighted by Crippen LogP contribution is 2.71. The summed E-state index contributed by atoms with van der Waals surface area (Å²) in [5.41, 5.74) is -6.26. The maximum atomic E-state index is 13.7. The molecule has 0 radical (unpaired) electrons. The molecule has 0 spiro atoms. The van der Waals surface area contributed by atoms with E-state index in [4.69, 9.17) is 99.5 Å². The van der Waals surface area contributed by atoms with E-state index >= 15 is 0 Å². The normalized spacial score (nSPS) is 50.2. The van der Waals surface area contributed by atoms with Gasteiger partial charge in [0.1, 0.15) is 83.9 Å². The summed E-state index contributed by atoms with van der Waals surface area (Å²) in [6.07, 6.45) is -15.6. The summed E-state index contributed by atoms with van der Waals surface area (Å²) in [4.78, 5) is 27.1. The van der Waals surface area contributed by atoms with Crippen molar-refractivity contribution in [2.75, 3.05) is 49.3 Å². The first-order valence-electron chi connectivity index (χ1n) is 38.4. The molecule has 7 N–H and O–H groups in total. The van der Waals surface area contributed by atoms with E-state index in [0.29, 0.717) is 51.4 Å². The van der Waals surface area contributed by atoms with Crippen molar-refractivity contribution in [3.8, 4) is 0 Å². The first kappa shape index (κ1) is 84.4. The number of carbonyl (C=O) groups is 2. The molecule has 11 aliphatic rings. The Morgan fingerprint density at radius 3 is 1.25 bits per heavy atom. The van der Waals surface area contributed by atoms with Crippen LogP contribution in [0.2, 0.25) is 0 Å². The highest BCUT2D eigenvalue weighted by atomic mass is 16.8. The first-order valence-corrected chi connectivity index (χ1v) is 38.4. The summed E-state index contributed by atoms with van der Waals surface area (Å²) in [6, 6.07) is 0. The SMILES string of the molecule is CO[C@H]1C[C@H](O[C@H]2[C@@H](OC)C[C@H](O[C@H]3CC[C@@]4(C)C(=CC[C@]5(O)[C@@H]4C[C@@H](OC(=O)/C=C(\C)C(C)C)[C@@]4(C)[C@]5(O)CC[C@@]4(O)C(C)=O)C3)O[C@@H]2C)O[C@@H](C)[C@H]1O[C@H]1C[C@H](OC)[C@H](O[C@H]2C[C@@H](OC)[C@@H](O[C@H]3C[C@H](OC)[C@H](O[C@H]4C[C@@H](OC)[C@@H](O[C@@H]5O[C@H](CO)[C@@H](O)[C@H](O)[C@H]5O)[C@H](C)O4)[C@@H](C)O3)[C@H](C)O2)[C@@H](C)O1. The van der Waals surface area contributed by atoms with Gasteiger partial charge in [0, 0.05) is 93.2 Å². The molecule has 608 valence electrons. The predicted octanol–water partition coefficient (Wildman–Crippen LogP) is 4.02. The first-order chi connectivity index (χ1) is 50.2. The van der Waals surface area contributed by atoms with Gasteiger partial charge in [-0.2, -0.15) is 0 Å². The number of aliphatic hydroxyl groups is 7. The number of carbonyl (C=O) groups excluding carboxylic acids is 2. The summed E-state index contributed by atoms with van der Waals surface area (Å²) < 4.78 is 134. The third-order valence-corrected chi connectivity index (χ3v) is 26.2. The molecule has 37 atom stereocenters. The van der Waals surface area contributed by atoms with Crippen LogP contribution in [-0.2, 0) is 109 Å². The van der Waals surface area contributed by atoms with Crippen LogP contribution in [-0.4, -0.2) is 304 Å². The summed E-state index contributed by atoms with van der Waals surface area (Å²) in [5.74, 6) is -1.68. The predicted molar refractivity (Wildman–Crippen MR) is 370 cm³/mol. The molecule has 3 saturated carbocycles. The minimum atomic E-state index is -2.05. The fourth-order valence-electron chi connectivity index (χ4n) is 19.5. The topological polar surface area (TPSA) is 370 Å². The van der Waals surface area contributed by atoms with Crippen LogP contribution in [0.15, 0.2) is 23.3 Å². The Labute approximate surface area is 623 Å². The summed E-state index contributed by atoms with van der Waals surface area (Å²) in [5, 5.41) is 79.3. The minimum absolute atomic E-state index is 0.0521. The van der Waals surface area contributed by atoms with Crippen LogP contribution < -0.4 is 0 Å². The number of rotatable bonds is 25. The second kappa shape index (κ2) is 34.3. The number of hydrogen-bond acceptors (Lipinski definition) is 30. The molecule has 0 aromatic carbocycles. The molecule has 7 aliphatic heterocycles. The van der Waals surface area contributed by atoms with Gasteiger partial charge >= 0.3 is 5.97 Å². The Morgan fingerprint density at radius 2 is 0.896 bits per heavy atom. The molecule has 0 unspecified atom stereocenters. The van der Waals surface area contributed by atoms with Gasteiger partial charge in [-0.15, -0.1) is 0 Å². The number of allylic oxidation sites excluding steroid dienone is 1. The summed E-state index contributed by atoms with van der Waals surface area (Å²) in [6.45, 7) is 21.4. The molecule has 0 bridgehead atoms. The average molecular weight is 1520 g/mol. The number of methoxy groups -OCH3 is 6. The number of ether oxygens (including phenoxy) is 21. The van der Waals surface area contributed by atoms with E-state index in [2.05, 4.69) is 6.92 Å². The van der Waals surface area contributed by atoms with Crippen molar-refractivity contribution in [3.05, 3.63) is 23.3 Å². The fraction of sp³-hybridized carbons (Fsp3) is 0.921. The van der Waals surface area contributed by atoms with Crippen LogP contribution in [0.5, 0.6) is 0 Å². The second-order valence-corrected chi connectivity index (χ2v) is 32.5. The Kier molecular flexibility index (Phi) is 27.3. The lowest BCUT2D eigenvalue weighted by Crippen LogP contribution is -2.78. The van der Waals surface area contributed by atoms with Gasteiger partial charge in [-0.1, -0.05) is 38.0 Å². The van der Waals surface area contributed by atoms with Gasteiger partial charge in [-0.25, -0.2) is 4.79 Å². The summed E-state index contributed by atoms with van der Waals surface area (Å²) in [7, 11) is 9.62. The third-order valence-electron chi connectivity index (χ3n) is 26.2. The molecule has 4 aliphatic carbocycles. The highest BCUT2D eigenvalue weighted by molar-refractivity contribution is 5.87. The van der Waals surface area contributed by atoms with Gasteiger partial charge in [0.05, 0.1) is 91.4 Å². The second-order valence-electron chi connectivity index (χ2n) is 32.5. The fourth-order valence-corrected chi connectivity index (χ4v) is 19.5. The molecular formula is C76H124O30. The number of Topliss-reactive ketones (excluding diaryl/α,β-unsaturated/α-hetero) is 1. The van der Waals surface area contributed by atoms with E-state index < -0.39 is 236 Å². The van der Waals surface area contributed by atoms with E-state index in [1.807, 2.05) is 61.5 Å². The van der Waals surface area contributed by atoms with E-state index in [1.165, 1.54) is 20.1 Å². The van der Waals surface area contributed by atoms with Gasteiger partial charge < -0.3 is 135 Å². The van der Waals surface area contributed by atoms with Crippen LogP contribution in [0.1, 0.15) is 167 Å². The van der Waals surface area contributed by atoms with Crippen LogP contribution in [0, 0.1) is 22.7 Å². The van der Waals surface area contributed by atoms with Gasteiger partial charge in [-0.05, 0) is 119 Å². The number of fused-ring (bicyclic) bond motifs is 5. The average Bonchev–Trinajstić information content (AvgIpc) is 1.41. The minimum Gasteiger partial charge on any atom is -0.458 e. The molecule has 11 rings (SSSR count). The molecule has 0 aromatic rings. The molecule has 7 saturated heterocycles. The van der Waals surface area contributed by atoms with Gasteiger partial charge in [0.25, 0.3) is 0 Å². The van der Waals surface area contributed by atoms with Crippen molar-refractivity contribution in [1.29, 1.82) is 0 Å². The van der Waals surface area contributed by atoms with Crippen LogP contribution in [0.25, 0.3) is 0 Å². The smallest absolute Gasteiger partial charge is 0.330 e. The number of esters is 1. The Bertz CT molecular complexity index is 2980. The van der Waals surface area contributed by atoms with Crippen molar-refractivity contribution < 1.29 is 145 Å². The van der Waals surface area contributed by atoms with Crippen molar-refractivity contribution in [1.82, 2.24) is 0 Å². The van der Waals surface area contributed by atoms with Gasteiger partial charge in [0.15, 0.2) is 49.8 Å². The molecule has 106 heavy (non-hydrogen) atoms. The third kappa shape index (κ3) is 16.2. The van der Waals surface area contributed by atoms with Crippen LogP contribution >= 0.6 is 0 Å². The zero-order chi connectivity index (χ0) is 77.0. The lowest BCUT2D eigenvalue weighted by atomic mass is 9.42. The molecule has 0 aromatic heterocycles. The Hall–Kier alpha value is -2.46. The summed E-state index contributed by atoms with van der Waals surface area (Å²) >= 11 is 0. The molecule has 30 nitrogen and oxygen atoms in total. The Balaban J connectivity index is 0.638. The molecular weight excluding hydrogens is 1390 g/mol. The zero-order valence-corrected chi connectivity index (χ0v) is 65.1. The Morgan fingerprint density at radius 1 is 0.519 bits per heavy atom. The van der Waals surface area contributed by atoms with E-state index in [1.54, 1.807) is 49.4 Å². The van der Waals surface area contributed by atoms with Crippen molar-refractivity contribution in [2.45, 2.75) is 374 Å². The number of hydrogen-bond donors (Lipinski definition) is 7. The van der Waals surface area contributed by atoms with Crippen LogP contribution in [0.4, 0.5) is 0 Å². The lowest BCUT2D eigenvalue weighted by Gasteiger charge is -2.67. The standard InChI is InChI=1S/C76H124O30/c1-35(2)36(3)25-55(79)100-54-33-53-72(11)21-20-45(26-44(72)19-22-75(53,84)76(85)24-23-74(83,43(10)78)73(54,76)12)98-56-27-46(86-13)65(37(4)92-56)101-57-28-47(87-14)66(38(5)93-57)102-58-29-48(88-15)67(39(6)94-58)103-59-30-49(89-16)68(40(7)95-59)104-60-31-50(90-17)69(41(8)96-60)105-61-32-51(91-18)70(42(9)97-61)106-71-64(82)63(81)62(80)52(34-77)99-71/h19,25,35,37-42,45-54,56-71,77,80-85H,20-24,26-34H2,1-18H3/b36-25+/t37-,38+,39-,40+,41-,42+,45+,46+,47+,48+,49-,50+,51-,52-,53-,54-,56+,57+,58+,59+,60+,61+,62-,63+,64-,65-,66-,67-,68+,69-,70+,71+,72+,73-,74-,75+,76-/m1/s1. The van der Waals surface area contributed by atoms with E-state index in [0.717, 1.165) is 11.1 Å². The highest BCUT2D eigenvalue weighted by Gasteiger charge is 2.81. The van der Waals surface area contributed by atoms with Crippen LogP contribution in [0.3, 0.4) is 0 Å². The zero-order valence-electron chi connectivity index (χ0n) is 65.1. The van der Waals surface area contributed by atoms with Crippen molar-refractivity contribution in [2.24, 2.45) is 22.7 Å².